The Morgan fingerprint density at radius 3 is 2.75 bits per heavy atom. The summed E-state index contributed by atoms with van der Waals surface area (Å²) >= 11 is 0. The third kappa shape index (κ3) is 7.81. The zero-order valence-electron chi connectivity index (χ0n) is 21.6. The first-order valence-electron chi connectivity index (χ1n) is 12.8. The molecule has 4 nitrogen and oxygen atoms in total. The number of likely N-dealkylation sites (tertiary alicyclic amines) is 1. The van der Waals surface area contributed by atoms with Gasteiger partial charge in [-0.1, -0.05) is 73.7 Å². The van der Waals surface area contributed by atoms with Crippen molar-refractivity contribution >= 4 is 11.6 Å². The van der Waals surface area contributed by atoms with Gasteiger partial charge in [0, 0.05) is 18.2 Å². The van der Waals surface area contributed by atoms with Gasteiger partial charge in [-0.3, -0.25) is 4.90 Å². The molecule has 1 heterocycles. The summed E-state index contributed by atoms with van der Waals surface area (Å²) < 4.78 is 5.90. The predicted molar refractivity (Wildman–Crippen MR) is 149 cm³/mol. The molecular weight excluding hydrogens is 444 g/mol. The fraction of sp³-hybridized carbons (Fsp3) is 0.344. The van der Waals surface area contributed by atoms with Crippen LogP contribution in [0.3, 0.4) is 0 Å². The number of aliphatic hydroxyl groups is 1. The Balaban J connectivity index is 1.72. The Morgan fingerprint density at radius 2 is 2.03 bits per heavy atom. The van der Waals surface area contributed by atoms with Crippen molar-refractivity contribution in [1.82, 2.24) is 4.90 Å². The minimum atomic E-state index is 0.00867. The maximum Gasteiger partial charge on any atom is 0.124 e. The number of piperidine rings is 1. The van der Waals surface area contributed by atoms with Crippen molar-refractivity contribution in [3.8, 4) is 11.8 Å². The van der Waals surface area contributed by atoms with Gasteiger partial charge in [-0.05, 0) is 74.1 Å². The highest BCUT2D eigenvalue weighted by Crippen LogP contribution is 2.29. The van der Waals surface area contributed by atoms with Crippen molar-refractivity contribution < 1.29 is 9.84 Å². The Hall–Kier alpha value is -3.39. The van der Waals surface area contributed by atoms with E-state index in [9.17, 15) is 10.4 Å². The van der Waals surface area contributed by atoms with E-state index in [4.69, 9.17) is 4.74 Å². The van der Waals surface area contributed by atoms with Crippen LogP contribution in [0.25, 0.3) is 11.6 Å². The van der Waals surface area contributed by atoms with Crippen molar-refractivity contribution in [3.63, 3.8) is 0 Å². The zero-order chi connectivity index (χ0) is 25.8. The molecule has 3 rings (SSSR count). The molecule has 2 aromatic rings. The van der Waals surface area contributed by atoms with Crippen LogP contribution >= 0.6 is 0 Å². The monoisotopic (exact) mass is 482 g/mol. The molecule has 1 atom stereocenters. The number of hydrogen-bond donors (Lipinski definition) is 1. The standard InChI is InChI=1S/C32H38N2O2/c1-25-21-32(36-20-19-35)30(24-34-18-12-11-13-27(34)3)22-29(25)16-7-4-5-10-17-31(26(2)23-33)28-14-8-6-9-15-28/h5-10,14-17,21-22,27,35H,2,4,11-13,18-20,24H2,1,3H3/b10-5-,16-7+,31-17+. The lowest BCUT2D eigenvalue weighted by molar-refractivity contribution is 0.148. The smallest absolute Gasteiger partial charge is 0.124 e. The Labute approximate surface area is 216 Å². The van der Waals surface area contributed by atoms with Crippen LogP contribution in [-0.4, -0.2) is 35.8 Å². The molecule has 188 valence electrons. The number of rotatable bonds is 11. The van der Waals surface area contributed by atoms with Gasteiger partial charge < -0.3 is 9.84 Å². The van der Waals surface area contributed by atoms with Crippen molar-refractivity contribution in [2.75, 3.05) is 19.8 Å². The molecule has 0 bridgehead atoms. The number of benzene rings is 2. The third-order valence-electron chi connectivity index (χ3n) is 6.63. The molecule has 2 aromatic carbocycles. The SMILES string of the molecule is C=C(C#N)/C(=C\C=C/C/C=C/c1cc(CN2CCCCC2C)c(OCCO)cc1C)c1ccccc1. The van der Waals surface area contributed by atoms with Crippen molar-refractivity contribution in [1.29, 1.82) is 5.26 Å². The summed E-state index contributed by atoms with van der Waals surface area (Å²) in [6.45, 7) is 10.6. The molecular formula is C32H38N2O2. The molecule has 0 spiro atoms. The quantitative estimate of drug-likeness (QED) is 0.281. The largest absolute Gasteiger partial charge is 0.491 e. The van der Waals surface area contributed by atoms with Gasteiger partial charge >= 0.3 is 0 Å². The summed E-state index contributed by atoms with van der Waals surface area (Å²) in [7, 11) is 0. The van der Waals surface area contributed by atoms with Crippen molar-refractivity contribution in [2.45, 2.75) is 52.1 Å². The van der Waals surface area contributed by atoms with Gasteiger partial charge in [0.25, 0.3) is 0 Å². The second-order valence-electron chi connectivity index (χ2n) is 9.31. The molecule has 1 saturated heterocycles. The fourth-order valence-corrected chi connectivity index (χ4v) is 4.52. The summed E-state index contributed by atoms with van der Waals surface area (Å²) in [4.78, 5) is 2.53. The lowest BCUT2D eigenvalue weighted by Crippen LogP contribution is -2.36. The highest BCUT2D eigenvalue weighted by Gasteiger charge is 2.20. The van der Waals surface area contributed by atoms with E-state index < -0.39 is 0 Å². The number of nitrogens with zero attached hydrogens (tertiary/aromatic N) is 2. The maximum atomic E-state index is 9.32. The lowest BCUT2D eigenvalue weighted by atomic mass is 9.99. The molecule has 1 N–H and O–H groups in total. The molecule has 0 aliphatic carbocycles. The maximum absolute atomic E-state index is 9.32. The highest BCUT2D eigenvalue weighted by atomic mass is 16.5. The van der Waals surface area contributed by atoms with E-state index in [2.05, 4.69) is 61.8 Å². The molecule has 1 unspecified atom stereocenters. The van der Waals surface area contributed by atoms with Gasteiger partial charge in [0.2, 0.25) is 0 Å². The average molecular weight is 483 g/mol. The van der Waals surface area contributed by atoms with Gasteiger partial charge in [0.05, 0.1) is 18.2 Å². The Morgan fingerprint density at radius 1 is 1.22 bits per heavy atom. The molecule has 1 fully saturated rings. The summed E-state index contributed by atoms with van der Waals surface area (Å²) in [5, 5.41) is 18.6. The van der Waals surface area contributed by atoms with E-state index in [0.717, 1.165) is 42.0 Å². The van der Waals surface area contributed by atoms with Gasteiger partial charge in [-0.25, -0.2) is 0 Å². The first kappa shape index (κ1) is 27.2. The minimum absolute atomic E-state index is 0.00867. The normalized spacial score (nSPS) is 16.9. The zero-order valence-corrected chi connectivity index (χ0v) is 21.6. The van der Waals surface area contributed by atoms with Crippen LogP contribution in [0.2, 0.25) is 0 Å². The summed E-state index contributed by atoms with van der Waals surface area (Å²) in [5.41, 5.74) is 5.77. The van der Waals surface area contributed by atoms with E-state index >= 15 is 0 Å². The molecule has 0 radical (unpaired) electrons. The number of aliphatic hydroxyl groups excluding tert-OH is 1. The van der Waals surface area contributed by atoms with E-state index in [1.54, 1.807) is 0 Å². The fourth-order valence-electron chi connectivity index (χ4n) is 4.52. The highest BCUT2D eigenvalue weighted by molar-refractivity contribution is 5.82. The van der Waals surface area contributed by atoms with E-state index in [-0.39, 0.29) is 6.61 Å². The van der Waals surface area contributed by atoms with Crippen LogP contribution in [0.15, 0.2) is 78.9 Å². The first-order valence-corrected chi connectivity index (χ1v) is 12.8. The van der Waals surface area contributed by atoms with Crippen LogP contribution in [0.5, 0.6) is 5.75 Å². The predicted octanol–water partition coefficient (Wildman–Crippen LogP) is 6.86. The topological polar surface area (TPSA) is 56.5 Å². The summed E-state index contributed by atoms with van der Waals surface area (Å²) in [6, 6.07) is 16.9. The molecule has 1 aliphatic heterocycles. The number of hydrogen-bond acceptors (Lipinski definition) is 4. The first-order chi connectivity index (χ1) is 17.5. The third-order valence-corrected chi connectivity index (χ3v) is 6.63. The van der Waals surface area contributed by atoms with E-state index in [0.29, 0.717) is 18.2 Å². The minimum Gasteiger partial charge on any atom is -0.491 e. The average Bonchev–Trinajstić information content (AvgIpc) is 2.90. The van der Waals surface area contributed by atoms with Crippen LogP contribution in [0.1, 0.15) is 54.9 Å². The van der Waals surface area contributed by atoms with Crippen LogP contribution in [0, 0.1) is 18.3 Å². The molecule has 36 heavy (non-hydrogen) atoms. The number of ether oxygens (including phenoxy) is 1. The lowest BCUT2D eigenvalue weighted by Gasteiger charge is -2.33. The van der Waals surface area contributed by atoms with Crippen LogP contribution in [-0.2, 0) is 6.54 Å². The molecule has 0 aromatic heterocycles. The molecule has 1 aliphatic rings. The molecule has 4 heteroatoms. The van der Waals surface area contributed by atoms with Gasteiger partial charge in [0.15, 0.2) is 0 Å². The van der Waals surface area contributed by atoms with Gasteiger partial charge in [0.1, 0.15) is 12.4 Å². The summed E-state index contributed by atoms with van der Waals surface area (Å²) in [6.07, 6.45) is 14.9. The molecule has 0 amide bonds. The Kier molecular flexibility index (Phi) is 10.8. The number of nitriles is 1. The van der Waals surface area contributed by atoms with E-state index in [1.807, 2.05) is 42.5 Å². The van der Waals surface area contributed by atoms with Gasteiger partial charge in [-0.2, -0.15) is 5.26 Å². The molecule has 0 saturated carbocycles. The number of allylic oxidation sites excluding steroid dienone is 6. The Bertz CT molecular complexity index is 1140. The van der Waals surface area contributed by atoms with Crippen molar-refractivity contribution in [3.05, 3.63) is 101 Å². The van der Waals surface area contributed by atoms with Crippen molar-refractivity contribution in [2.24, 2.45) is 0 Å². The van der Waals surface area contributed by atoms with Gasteiger partial charge in [-0.15, -0.1) is 0 Å². The second kappa shape index (κ2) is 14.2. The number of aryl methyl sites for hydroxylation is 1. The van der Waals surface area contributed by atoms with Crippen LogP contribution in [0.4, 0.5) is 0 Å². The van der Waals surface area contributed by atoms with Crippen LogP contribution < -0.4 is 4.74 Å². The summed E-state index contributed by atoms with van der Waals surface area (Å²) in [5.74, 6) is 0.868. The van der Waals surface area contributed by atoms with E-state index in [1.165, 1.54) is 30.4 Å². The second-order valence-corrected chi connectivity index (χ2v) is 9.31.